The minimum atomic E-state index is -0.798. The van der Waals surface area contributed by atoms with Crippen molar-refractivity contribution in [2.24, 2.45) is 5.92 Å². The first-order valence-corrected chi connectivity index (χ1v) is 5.13. The molecule has 7 heteroatoms. The summed E-state index contributed by atoms with van der Waals surface area (Å²) in [5, 5.41) is 19.9. The normalized spacial score (nSPS) is 12.6. The number of carboxylic acid groups (broad SMARTS) is 1. The number of ether oxygens (including phenoxy) is 1. The SMILES string of the molecule is CCC(CC(=O)O)Cn1nnnc1COC. The molecule has 0 aliphatic carbocycles. The predicted octanol–water partition coefficient (Wildman–Crippen LogP) is 0.320. The van der Waals surface area contributed by atoms with Gasteiger partial charge in [0.1, 0.15) is 6.61 Å². The highest BCUT2D eigenvalue weighted by atomic mass is 16.5. The summed E-state index contributed by atoms with van der Waals surface area (Å²) in [4.78, 5) is 10.6. The maximum Gasteiger partial charge on any atom is 0.303 e. The number of hydrogen-bond donors (Lipinski definition) is 1. The molecule has 0 radical (unpaired) electrons. The van der Waals surface area contributed by atoms with Gasteiger partial charge in [-0.2, -0.15) is 0 Å². The highest BCUT2D eigenvalue weighted by molar-refractivity contribution is 5.66. The lowest BCUT2D eigenvalue weighted by atomic mass is 10.0. The minimum Gasteiger partial charge on any atom is -0.481 e. The van der Waals surface area contributed by atoms with E-state index in [0.29, 0.717) is 19.0 Å². The third-order valence-electron chi connectivity index (χ3n) is 2.35. The van der Waals surface area contributed by atoms with Gasteiger partial charge in [0.05, 0.1) is 0 Å². The number of carboxylic acids is 1. The molecule has 0 aliphatic rings. The Bertz CT molecular complexity index is 339. The Labute approximate surface area is 93.4 Å². The van der Waals surface area contributed by atoms with Gasteiger partial charge in [0.2, 0.25) is 0 Å². The van der Waals surface area contributed by atoms with Crippen LogP contribution in [0.15, 0.2) is 0 Å². The van der Waals surface area contributed by atoms with E-state index >= 15 is 0 Å². The van der Waals surface area contributed by atoms with Crippen LogP contribution in [0.5, 0.6) is 0 Å². The number of hydrogen-bond acceptors (Lipinski definition) is 5. The molecule has 0 saturated carbocycles. The summed E-state index contributed by atoms with van der Waals surface area (Å²) in [7, 11) is 1.56. The van der Waals surface area contributed by atoms with Crippen molar-refractivity contribution in [2.75, 3.05) is 7.11 Å². The first-order chi connectivity index (χ1) is 7.67. The lowest BCUT2D eigenvalue weighted by Crippen LogP contribution is -2.17. The van der Waals surface area contributed by atoms with Crippen LogP contribution in [0, 0.1) is 5.92 Å². The highest BCUT2D eigenvalue weighted by Gasteiger charge is 2.15. The molecule has 1 N–H and O–H groups in total. The number of rotatable bonds is 7. The van der Waals surface area contributed by atoms with Crippen molar-refractivity contribution in [3.05, 3.63) is 5.82 Å². The van der Waals surface area contributed by atoms with Gasteiger partial charge in [0, 0.05) is 20.1 Å². The van der Waals surface area contributed by atoms with E-state index in [4.69, 9.17) is 9.84 Å². The molecule has 1 heterocycles. The van der Waals surface area contributed by atoms with Crippen molar-refractivity contribution in [1.29, 1.82) is 0 Å². The maximum absolute atomic E-state index is 10.6. The summed E-state index contributed by atoms with van der Waals surface area (Å²) < 4.78 is 6.54. The first kappa shape index (κ1) is 12.6. The average Bonchev–Trinajstić information content (AvgIpc) is 2.65. The molecule has 0 aliphatic heterocycles. The topological polar surface area (TPSA) is 90.1 Å². The van der Waals surface area contributed by atoms with E-state index in [0.717, 1.165) is 6.42 Å². The van der Waals surface area contributed by atoms with Crippen molar-refractivity contribution in [3.63, 3.8) is 0 Å². The van der Waals surface area contributed by atoms with Crippen molar-refractivity contribution in [2.45, 2.75) is 32.9 Å². The van der Waals surface area contributed by atoms with Crippen LogP contribution in [-0.2, 0) is 22.7 Å². The first-order valence-electron chi connectivity index (χ1n) is 5.13. The molecule has 0 saturated heterocycles. The van der Waals surface area contributed by atoms with Crippen LogP contribution >= 0.6 is 0 Å². The van der Waals surface area contributed by atoms with Gasteiger partial charge in [0.15, 0.2) is 5.82 Å². The molecule has 0 amide bonds. The second-order valence-corrected chi connectivity index (χ2v) is 3.58. The zero-order valence-electron chi connectivity index (χ0n) is 9.46. The van der Waals surface area contributed by atoms with Crippen LogP contribution in [-0.4, -0.2) is 38.4 Å². The quantitative estimate of drug-likeness (QED) is 0.722. The molecule has 1 unspecified atom stereocenters. The summed E-state index contributed by atoms with van der Waals surface area (Å²) >= 11 is 0. The van der Waals surface area contributed by atoms with E-state index in [1.165, 1.54) is 0 Å². The van der Waals surface area contributed by atoms with Crippen LogP contribution in [0.3, 0.4) is 0 Å². The minimum absolute atomic E-state index is 0.0385. The Morgan fingerprint density at radius 1 is 1.62 bits per heavy atom. The number of tetrazole rings is 1. The monoisotopic (exact) mass is 228 g/mol. The molecule has 1 atom stereocenters. The fourth-order valence-electron chi connectivity index (χ4n) is 1.43. The number of methoxy groups -OCH3 is 1. The standard InChI is InChI=1S/C9H16N4O3/c1-3-7(4-9(14)15)5-13-8(6-16-2)10-11-12-13/h7H,3-6H2,1-2H3,(H,14,15). The summed E-state index contributed by atoms with van der Waals surface area (Å²) in [5.41, 5.74) is 0. The molecular formula is C9H16N4O3. The van der Waals surface area contributed by atoms with Crippen LogP contribution in [0.4, 0.5) is 0 Å². The Morgan fingerprint density at radius 2 is 2.38 bits per heavy atom. The van der Waals surface area contributed by atoms with Gasteiger partial charge in [-0.15, -0.1) is 5.10 Å². The number of aliphatic carboxylic acids is 1. The molecule has 0 aromatic carbocycles. The molecular weight excluding hydrogens is 212 g/mol. The van der Waals surface area contributed by atoms with Gasteiger partial charge in [-0.3, -0.25) is 4.79 Å². The Hall–Kier alpha value is -1.50. The second kappa shape index (κ2) is 6.16. The van der Waals surface area contributed by atoms with Crippen LogP contribution in [0.1, 0.15) is 25.6 Å². The molecule has 0 spiro atoms. The number of aromatic nitrogens is 4. The van der Waals surface area contributed by atoms with Gasteiger partial charge in [-0.25, -0.2) is 4.68 Å². The fourth-order valence-corrected chi connectivity index (χ4v) is 1.43. The van der Waals surface area contributed by atoms with Crippen LogP contribution in [0.2, 0.25) is 0 Å². The summed E-state index contributed by atoms with van der Waals surface area (Å²) in [6.45, 7) is 2.79. The van der Waals surface area contributed by atoms with E-state index in [9.17, 15) is 4.79 Å². The van der Waals surface area contributed by atoms with Crippen molar-refractivity contribution < 1.29 is 14.6 Å². The summed E-state index contributed by atoms with van der Waals surface area (Å²) in [6.07, 6.45) is 0.904. The predicted molar refractivity (Wildman–Crippen MR) is 54.6 cm³/mol. The van der Waals surface area contributed by atoms with E-state index in [2.05, 4.69) is 15.5 Å². The van der Waals surface area contributed by atoms with Crippen molar-refractivity contribution in [1.82, 2.24) is 20.2 Å². The lowest BCUT2D eigenvalue weighted by molar-refractivity contribution is -0.138. The molecule has 16 heavy (non-hydrogen) atoms. The summed E-state index contributed by atoms with van der Waals surface area (Å²) in [6, 6.07) is 0. The molecule has 1 rings (SSSR count). The number of carbonyl (C=O) groups is 1. The third-order valence-corrected chi connectivity index (χ3v) is 2.35. The smallest absolute Gasteiger partial charge is 0.303 e. The largest absolute Gasteiger partial charge is 0.481 e. The van der Waals surface area contributed by atoms with Crippen LogP contribution in [0.25, 0.3) is 0 Å². The fraction of sp³-hybridized carbons (Fsp3) is 0.778. The number of nitrogens with zero attached hydrogens (tertiary/aromatic N) is 4. The van der Waals surface area contributed by atoms with E-state index < -0.39 is 5.97 Å². The zero-order chi connectivity index (χ0) is 12.0. The Morgan fingerprint density at radius 3 is 2.94 bits per heavy atom. The van der Waals surface area contributed by atoms with E-state index in [-0.39, 0.29) is 12.3 Å². The lowest BCUT2D eigenvalue weighted by Gasteiger charge is -2.12. The second-order valence-electron chi connectivity index (χ2n) is 3.58. The van der Waals surface area contributed by atoms with Gasteiger partial charge >= 0.3 is 5.97 Å². The van der Waals surface area contributed by atoms with E-state index in [1.54, 1.807) is 11.8 Å². The van der Waals surface area contributed by atoms with E-state index in [1.807, 2.05) is 6.92 Å². The molecule has 7 nitrogen and oxygen atoms in total. The maximum atomic E-state index is 10.6. The Balaban J connectivity index is 2.62. The summed E-state index contributed by atoms with van der Waals surface area (Å²) in [5.74, 6) is -0.142. The Kier molecular flexibility index (Phi) is 4.84. The van der Waals surface area contributed by atoms with Gasteiger partial charge < -0.3 is 9.84 Å². The molecule has 1 aromatic rings. The van der Waals surface area contributed by atoms with Crippen molar-refractivity contribution >= 4 is 5.97 Å². The molecule has 90 valence electrons. The van der Waals surface area contributed by atoms with Gasteiger partial charge in [0.25, 0.3) is 0 Å². The van der Waals surface area contributed by atoms with Crippen molar-refractivity contribution in [3.8, 4) is 0 Å². The third kappa shape index (κ3) is 3.58. The van der Waals surface area contributed by atoms with Gasteiger partial charge in [-0.05, 0) is 16.3 Å². The molecule has 1 aromatic heterocycles. The zero-order valence-corrected chi connectivity index (χ0v) is 9.46. The van der Waals surface area contributed by atoms with Gasteiger partial charge in [-0.1, -0.05) is 13.3 Å². The molecule has 0 bridgehead atoms. The highest BCUT2D eigenvalue weighted by Crippen LogP contribution is 2.11. The molecule has 0 fully saturated rings. The van der Waals surface area contributed by atoms with Crippen LogP contribution < -0.4 is 0 Å². The average molecular weight is 228 g/mol.